The Balaban J connectivity index is 1.33. The molecule has 8 nitrogen and oxygen atoms in total. The third-order valence-electron chi connectivity index (χ3n) is 5.17. The molecule has 4 rings (SSSR count). The van der Waals surface area contributed by atoms with Gasteiger partial charge >= 0.3 is 0 Å². The molecule has 0 amide bonds. The second-order valence-corrected chi connectivity index (χ2v) is 8.29. The van der Waals surface area contributed by atoms with Crippen LogP contribution in [0.15, 0.2) is 65.1 Å². The monoisotopic (exact) mass is 510 g/mol. The number of ether oxygens (including phenoxy) is 2. The van der Waals surface area contributed by atoms with E-state index < -0.39 is 4.92 Å². The van der Waals surface area contributed by atoms with Gasteiger partial charge in [-0.25, -0.2) is 4.98 Å². The van der Waals surface area contributed by atoms with E-state index in [1.165, 1.54) is 12.1 Å². The number of nitrogens with one attached hydrogen (secondary N) is 2. The van der Waals surface area contributed by atoms with E-state index >= 15 is 0 Å². The number of hydrogen-bond donors (Lipinski definition) is 2. The summed E-state index contributed by atoms with van der Waals surface area (Å²) in [5, 5.41) is 14.2. The summed E-state index contributed by atoms with van der Waals surface area (Å²) in [5.41, 5.74) is 3.94. The number of nitro groups is 1. The maximum Gasteiger partial charge on any atom is 0.269 e. The minimum atomic E-state index is -0.422. The van der Waals surface area contributed by atoms with E-state index in [0.717, 1.165) is 45.4 Å². The number of aromatic nitrogens is 2. The Hall–Kier alpha value is -3.43. The average molecular weight is 511 g/mol. The van der Waals surface area contributed by atoms with Crippen LogP contribution in [0.4, 0.5) is 5.69 Å². The molecule has 3 aromatic carbocycles. The predicted molar refractivity (Wildman–Crippen MR) is 130 cm³/mol. The Morgan fingerprint density at radius 1 is 1.12 bits per heavy atom. The van der Waals surface area contributed by atoms with E-state index in [1.807, 2.05) is 36.4 Å². The number of non-ortho nitro benzene ring substituents is 1. The first-order valence-electron chi connectivity index (χ1n) is 10.4. The third kappa shape index (κ3) is 5.68. The second-order valence-electron chi connectivity index (χ2n) is 7.43. The number of imidazole rings is 1. The molecule has 0 aliphatic rings. The van der Waals surface area contributed by atoms with E-state index in [9.17, 15) is 10.1 Å². The van der Waals surface area contributed by atoms with Crippen molar-refractivity contribution in [2.24, 2.45) is 0 Å². The number of aromatic amines is 1. The molecule has 2 N–H and O–H groups in total. The molecule has 0 saturated carbocycles. The molecule has 170 valence electrons. The highest BCUT2D eigenvalue weighted by atomic mass is 79.9. The van der Waals surface area contributed by atoms with Gasteiger partial charge in [0, 0.05) is 36.1 Å². The number of rotatable bonds is 10. The number of nitrogens with zero attached hydrogens (tertiary/aromatic N) is 2. The summed E-state index contributed by atoms with van der Waals surface area (Å²) in [6.07, 6.45) is 0.792. The van der Waals surface area contributed by atoms with Crippen LogP contribution in [0, 0.1) is 10.1 Å². The first kappa shape index (κ1) is 22.8. The van der Waals surface area contributed by atoms with Crippen LogP contribution in [-0.2, 0) is 19.6 Å². The van der Waals surface area contributed by atoms with Gasteiger partial charge in [-0.3, -0.25) is 10.1 Å². The highest BCUT2D eigenvalue weighted by Gasteiger charge is 2.12. The predicted octanol–water partition coefficient (Wildman–Crippen LogP) is 5.15. The van der Waals surface area contributed by atoms with Gasteiger partial charge in [-0.2, -0.15) is 0 Å². The van der Waals surface area contributed by atoms with E-state index in [4.69, 9.17) is 9.47 Å². The number of benzene rings is 3. The fourth-order valence-electron chi connectivity index (χ4n) is 3.41. The standard InChI is InChI=1S/C24H23BrN4O4/c1-32-22-12-17(14-26-11-10-24-27-20-4-2-3-5-21(20)28-24)19(25)13-23(22)33-15-16-6-8-18(9-7-16)29(30)31/h2-9,12-13,26H,10-11,14-15H2,1H3,(H,27,28). The Kier molecular flexibility index (Phi) is 7.21. The van der Waals surface area contributed by atoms with E-state index in [0.29, 0.717) is 18.0 Å². The fourth-order valence-corrected chi connectivity index (χ4v) is 3.88. The quantitative estimate of drug-likeness (QED) is 0.173. The van der Waals surface area contributed by atoms with Crippen LogP contribution in [-0.4, -0.2) is 28.5 Å². The average Bonchev–Trinajstić information content (AvgIpc) is 3.24. The van der Waals surface area contributed by atoms with Crippen molar-refractivity contribution in [3.05, 3.63) is 92.2 Å². The van der Waals surface area contributed by atoms with Crippen molar-refractivity contribution in [1.82, 2.24) is 15.3 Å². The SMILES string of the molecule is COc1cc(CNCCc2nc3ccccc3[nH]2)c(Br)cc1OCc1ccc([N+](=O)[O-])cc1. The smallest absolute Gasteiger partial charge is 0.269 e. The molecule has 1 heterocycles. The number of H-pyrrole nitrogens is 1. The zero-order valence-corrected chi connectivity index (χ0v) is 19.6. The largest absolute Gasteiger partial charge is 0.493 e. The Bertz CT molecular complexity index is 1220. The fraction of sp³-hybridized carbons (Fsp3) is 0.208. The first-order chi connectivity index (χ1) is 16.0. The molecule has 0 spiro atoms. The summed E-state index contributed by atoms with van der Waals surface area (Å²) < 4.78 is 12.3. The van der Waals surface area contributed by atoms with E-state index in [-0.39, 0.29) is 12.3 Å². The summed E-state index contributed by atoms with van der Waals surface area (Å²) in [6, 6.07) is 18.1. The molecular weight excluding hydrogens is 488 g/mol. The van der Waals surface area contributed by atoms with Crippen molar-refractivity contribution >= 4 is 32.7 Å². The molecule has 0 aliphatic carbocycles. The van der Waals surface area contributed by atoms with Crippen molar-refractivity contribution in [2.75, 3.05) is 13.7 Å². The molecule has 0 aliphatic heterocycles. The molecule has 0 bridgehead atoms. The number of halogens is 1. The van der Waals surface area contributed by atoms with Crippen molar-refractivity contribution in [3.8, 4) is 11.5 Å². The lowest BCUT2D eigenvalue weighted by atomic mass is 10.2. The summed E-state index contributed by atoms with van der Waals surface area (Å²) in [7, 11) is 1.60. The minimum absolute atomic E-state index is 0.0521. The van der Waals surface area contributed by atoms with Crippen LogP contribution >= 0.6 is 15.9 Å². The molecule has 0 saturated heterocycles. The lowest BCUT2D eigenvalue weighted by Crippen LogP contribution is -2.17. The highest BCUT2D eigenvalue weighted by molar-refractivity contribution is 9.10. The molecule has 33 heavy (non-hydrogen) atoms. The maximum atomic E-state index is 10.8. The Morgan fingerprint density at radius 3 is 2.64 bits per heavy atom. The summed E-state index contributed by atoms with van der Waals surface area (Å²) in [5.74, 6) is 2.17. The van der Waals surface area contributed by atoms with Crippen LogP contribution in [0.25, 0.3) is 11.0 Å². The number of methoxy groups -OCH3 is 1. The minimum Gasteiger partial charge on any atom is -0.493 e. The molecule has 0 radical (unpaired) electrons. The molecular formula is C24H23BrN4O4. The van der Waals surface area contributed by atoms with Gasteiger partial charge in [-0.15, -0.1) is 0 Å². The zero-order chi connectivity index (χ0) is 23.2. The van der Waals surface area contributed by atoms with Gasteiger partial charge in [0.2, 0.25) is 0 Å². The number of hydrogen-bond acceptors (Lipinski definition) is 6. The molecule has 1 aromatic heterocycles. The molecule has 9 heteroatoms. The van der Waals surface area contributed by atoms with Gasteiger partial charge < -0.3 is 19.8 Å². The van der Waals surface area contributed by atoms with Crippen molar-refractivity contribution in [2.45, 2.75) is 19.6 Å². The van der Waals surface area contributed by atoms with Crippen molar-refractivity contribution in [3.63, 3.8) is 0 Å². The molecule has 0 fully saturated rings. The first-order valence-corrected chi connectivity index (χ1v) is 11.2. The van der Waals surface area contributed by atoms with Crippen LogP contribution in [0.3, 0.4) is 0 Å². The van der Waals surface area contributed by atoms with Crippen LogP contribution in [0.5, 0.6) is 11.5 Å². The van der Waals surface area contributed by atoms with Gasteiger partial charge in [-0.05, 0) is 47.5 Å². The summed E-state index contributed by atoms with van der Waals surface area (Å²) in [6.45, 7) is 1.70. The maximum absolute atomic E-state index is 10.8. The van der Waals surface area contributed by atoms with Crippen LogP contribution < -0.4 is 14.8 Å². The van der Waals surface area contributed by atoms with Gasteiger partial charge in [0.15, 0.2) is 11.5 Å². The zero-order valence-electron chi connectivity index (χ0n) is 18.0. The lowest BCUT2D eigenvalue weighted by molar-refractivity contribution is -0.384. The normalized spacial score (nSPS) is 11.0. The number of para-hydroxylation sites is 2. The van der Waals surface area contributed by atoms with E-state index in [1.54, 1.807) is 19.2 Å². The summed E-state index contributed by atoms with van der Waals surface area (Å²) in [4.78, 5) is 18.3. The molecule has 0 unspecified atom stereocenters. The Labute approximate surface area is 199 Å². The van der Waals surface area contributed by atoms with Gasteiger partial charge in [0.25, 0.3) is 5.69 Å². The number of fused-ring (bicyclic) bond motifs is 1. The van der Waals surface area contributed by atoms with Crippen LogP contribution in [0.1, 0.15) is 17.0 Å². The lowest BCUT2D eigenvalue weighted by Gasteiger charge is -2.14. The number of nitro benzene ring substituents is 1. The van der Waals surface area contributed by atoms with Crippen LogP contribution in [0.2, 0.25) is 0 Å². The summed E-state index contributed by atoms with van der Waals surface area (Å²) >= 11 is 3.61. The van der Waals surface area contributed by atoms with Gasteiger partial charge in [-0.1, -0.05) is 28.1 Å². The second kappa shape index (κ2) is 10.5. The van der Waals surface area contributed by atoms with Crippen molar-refractivity contribution < 1.29 is 14.4 Å². The molecule has 0 atom stereocenters. The Morgan fingerprint density at radius 2 is 1.91 bits per heavy atom. The van der Waals surface area contributed by atoms with Crippen molar-refractivity contribution in [1.29, 1.82) is 0 Å². The van der Waals surface area contributed by atoms with Gasteiger partial charge in [0.1, 0.15) is 12.4 Å². The molecule has 4 aromatic rings. The third-order valence-corrected chi connectivity index (χ3v) is 5.90. The topological polar surface area (TPSA) is 102 Å². The van der Waals surface area contributed by atoms with Gasteiger partial charge in [0.05, 0.1) is 23.1 Å². The highest BCUT2D eigenvalue weighted by Crippen LogP contribution is 2.34. The van der Waals surface area contributed by atoms with E-state index in [2.05, 4.69) is 31.2 Å².